The highest BCUT2D eigenvalue weighted by molar-refractivity contribution is 7.71. The quantitative estimate of drug-likeness (QED) is 0.444. The predicted octanol–water partition coefficient (Wildman–Crippen LogP) is 4.90. The number of benzene rings is 1. The summed E-state index contributed by atoms with van der Waals surface area (Å²) in [7, 11) is 0. The van der Waals surface area contributed by atoms with Crippen LogP contribution in [-0.4, -0.2) is 55.5 Å². The van der Waals surface area contributed by atoms with Gasteiger partial charge in [-0.25, -0.2) is 13.5 Å². The summed E-state index contributed by atoms with van der Waals surface area (Å²) >= 11 is 5.47. The lowest BCUT2D eigenvalue weighted by Crippen LogP contribution is -2.31. The van der Waals surface area contributed by atoms with Gasteiger partial charge < -0.3 is 10.2 Å². The van der Waals surface area contributed by atoms with Gasteiger partial charge in [-0.05, 0) is 50.3 Å². The maximum Gasteiger partial charge on any atom is 0.260 e. The molecule has 0 spiro atoms. The Hall–Kier alpha value is -2.59. The predicted molar refractivity (Wildman–Crippen MR) is 124 cm³/mol. The molecule has 0 saturated carbocycles. The number of fused-ring (bicyclic) bond motifs is 1. The monoisotopic (exact) mass is 461 g/mol. The van der Waals surface area contributed by atoms with Crippen molar-refractivity contribution < 1.29 is 8.78 Å². The Labute approximate surface area is 191 Å². The lowest BCUT2D eigenvalue weighted by atomic mass is 9.97. The maximum absolute atomic E-state index is 14.0. The number of halogens is 2. The molecule has 1 aromatic carbocycles. The van der Waals surface area contributed by atoms with Gasteiger partial charge in [-0.2, -0.15) is 10.2 Å². The molecule has 2 N–H and O–H groups in total. The largest absolute Gasteiger partial charge is 0.363 e. The van der Waals surface area contributed by atoms with Crippen molar-refractivity contribution in [2.24, 2.45) is 0 Å². The third kappa shape index (κ3) is 4.47. The number of anilines is 1. The fraction of sp³-hybridized carbons (Fsp3) is 0.500. The summed E-state index contributed by atoms with van der Waals surface area (Å²) in [5.41, 5.74) is 1.64. The second kappa shape index (κ2) is 9.91. The van der Waals surface area contributed by atoms with Crippen molar-refractivity contribution in [3.8, 4) is 11.4 Å². The highest BCUT2D eigenvalue weighted by atomic mass is 32.1. The van der Waals surface area contributed by atoms with Crippen LogP contribution in [0.5, 0.6) is 0 Å². The van der Waals surface area contributed by atoms with E-state index in [1.165, 1.54) is 4.68 Å². The zero-order valence-electron chi connectivity index (χ0n) is 18.3. The standard InChI is InChI=1S/C22H29F2N7S/c1-3-29(4-2)11-8-12-30-21(27-28-22(30)32)16-14-25-31-18(19(23)24)13-17(26-20(16)31)15-9-6-5-7-10-15/h5-7,9-10,14,17-19,26H,3-4,8,11-13H2,1-2H3,(H,28,32)/t17-,18+/m1/s1. The summed E-state index contributed by atoms with van der Waals surface area (Å²) in [6.07, 6.45) is 0.250. The normalized spacial score (nSPS) is 18.2. The maximum atomic E-state index is 14.0. The van der Waals surface area contributed by atoms with E-state index >= 15 is 0 Å². The molecular formula is C22H29F2N7S. The number of hydrogen-bond acceptors (Lipinski definition) is 5. The molecule has 7 nitrogen and oxygen atoms in total. The van der Waals surface area contributed by atoms with E-state index in [-0.39, 0.29) is 12.5 Å². The van der Waals surface area contributed by atoms with Crippen LogP contribution < -0.4 is 5.32 Å². The van der Waals surface area contributed by atoms with Gasteiger partial charge in [-0.1, -0.05) is 44.2 Å². The fourth-order valence-electron chi connectivity index (χ4n) is 4.32. The first-order valence-corrected chi connectivity index (χ1v) is 11.5. The zero-order chi connectivity index (χ0) is 22.7. The molecular weight excluding hydrogens is 432 g/mol. The van der Waals surface area contributed by atoms with Crippen molar-refractivity contribution in [3.63, 3.8) is 0 Å². The summed E-state index contributed by atoms with van der Waals surface area (Å²) < 4.78 is 31.8. The molecule has 172 valence electrons. The molecule has 0 saturated heterocycles. The number of nitrogens with zero attached hydrogens (tertiary/aromatic N) is 5. The Kier molecular flexibility index (Phi) is 7.00. The van der Waals surface area contributed by atoms with Gasteiger partial charge in [0.25, 0.3) is 6.43 Å². The van der Waals surface area contributed by atoms with Gasteiger partial charge in [-0.15, -0.1) is 0 Å². The lowest BCUT2D eigenvalue weighted by Gasteiger charge is -2.32. The number of hydrogen-bond donors (Lipinski definition) is 2. The van der Waals surface area contributed by atoms with E-state index in [9.17, 15) is 8.78 Å². The van der Waals surface area contributed by atoms with Gasteiger partial charge >= 0.3 is 0 Å². The average Bonchev–Trinajstić information content (AvgIpc) is 3.39. The van der Waals surface area contributed by atoms with Crippen LogP contribution in [0.15, 0.2) is 36.5 Å². The van der Waals surface area contributed by atoms with Crippen molar-refractivity contribution in [1.29, 1.82) is 0 Å². The molecule has 0 radical (unpaired) electrons. The fourth-order valence-corrected chi connectivity index (χ4v) is 4.55. The molecule has 3 heterocycles. The van der Waals surface area contributed by atoms with Crippen LogP contribution in [0.2, 0.25) is 0 Å². The van der Waals surface area contributed by atoms with Crippen molar-refractivity contribution in [2.45, 2.75) is 51.7 Å². The summed E-state index contributed by atoms with van der Waals surface area (Å²) in [6.45, 7) is 7.92. The molecule has 4 rings (SSSR count). The third-order valence-corrected chi connectivity index (χ3v) is 6.45. The molecule has 1 aliphatic rings. The van der Waals surface area contributed by atoms with E-state index in [0.717, 1.165) is 31.6 Å². The van der Waals surface area contributed by atoms with E-state index < -0.39 is 12.5 Å². The average molecular weight is 462 g/mol. The Morgan fingerprint density at radius 2 is 1.97 bits per heavy atom. The van der Waals surface area contributed by atoms with Gasteiger partial charge in [-0.3, -0.25) is 9.67 Å². The summed E-state index contributed by atoms with van der Waals surface area (Å²) in [4.78, 5) is 2.35. The number of alkyl halides is 2. The first-order valence-electron chi connectivity index (χ1n) is 11.1. The van der Waals surface area contributed by atoms with E-state index in [4.69, 9.17) is 12.2 Å². The minimum Gasteiger partial charge on any atom is -0.363 e. The highest BCUT2D eigenvalue weighted by Gasteiger charge is 2.36. The van der Waals surface area contributed by atoms with Gasteiger partial charge in [0, 0.05) is 6.54 Å². The van der Waals surface area contributed by atoms with Crippen LogP contribution in [-0.2, 0) is 6.54 Å². The number of aromatic amines is 1. The first kappa shape index (κ1) is 22.6. The molecule has 10 heteroatoms. The van der Waals surface area contributed by atoms with Crippen LogP contribution >= 0.6 is 12.2 Å². The van der Waals surface area contributed by atoms with Crippen molar-refractivity contribution in [2.75, 3.05) is 25.0 Å². The summed E-state index contributed by atoms with van der Waals surface area (Å²) in [5.74, 6) is 1.17. The third-order valence-electron chi connectivity index (χ3n) is 6.14. The molecule has 2 atom stereocenters. The van der Waals surface area contributed by atoms with Crippen LogP contribution in [0.25, 0.3) is 11.4 Å². The van der Waals surface area contributed by atoms with E-state index in [1.54, 1.807) is 6.20 Å². The number of nitrogens with one attached hydrogen (secondary N) is 2. The van der Waals surface area contributed by atoms with Gasteiger partial charge in [0.05, 0.1) is 17.8 Å². The summed E-state index contributed by atoms with van der Waals surface area (Å²) in [6, 6.07) is 8.41. The van der Waals surface area contributed by atoms with Crippen molar-refractivity contribution in [1.82, 2.24) is 29.4 Å². The minimum atomic E-state index is -2.52. The molecule has 0 amide bonds. The molecule has 3 aromatic rings. The Balaban J connectivity index is 1.65. The second-order valence-corrected chi connectivity index (χ2v) is 8.37. The van der Waals surface area contributed by atoms with E-state index in [0.29, 0.717) is 28.5 Å². The first-order chi connectivity index (χ1) is 15.5. The molecule has 1 aliphatic heterocycles. The van der Waals surface area contributed by atoms with Gasteiger partial charge in [0.2, 0.25) is 0 Å². The topological polar surface area (TPSA) is 66.7 Å². The van der Waals surface area contributed by atoms with Crippen molar-refractivity contribution in [3.05, 3.63) is 46.9 Å². The summed E-state index contributed by atoms with van der Waals surface area (Å²) in [5, 5.41) is 15.0. The molecule has 0 bridgehead atoms. The van der Waals surface area contributed by atoms with E-state index in [2.05, 4.69) is 39.4 Å². The molecule has 2 aromatic heterocycles. The Morgan fingerprint density at radius 1 is 1.22 bits per heavy atom. The zero-order valence-corrected chi connectivity index (χ0v) is 19.2. The molecule has 0 aliphatic carbocycles. The molecule has 32 heavy (non-hydrogen) atoms. The van der Waals surface area contributed by atoms with Gasteiger partial charge in [0.1, 0.15) is 11.9 Å². The van der Waals surface area contributed by atoms with E-state index in [1.807, 2.05) is 34.9 Å². The Bertz CT molecular complexity index is 1070. The Morgan fingerprint density at radius 3 is 2.66 bits per heavy atom. The smallest absolute Gasteiger partial charge is 0.260 e. The number of aromatic nitrogens is 5. The minimum absolute atomic E-state index is 0.240. The molecule has 0 unspecified atom stereocenters. The molecule has 0 fully saturated rings. The lowest BCUT2D eigenvalue weighted by molar-refractivity contribution is 0.0659. The van der Waals surface area contributed by atoms with Crippen LogP contribution in [0, 0.1) is 4.77 Å². The van der Waals surface area contributed by atoms with Crippen LogP contribution in [0.1, 0.15) is 44.3 Å². The van der Waals surface area contributed by atoms with Crippen LogP contribution in [0.3, 0.4) is 0 Å². The van der Waals surface area contributed by atoms with Crippen molar-refractivity contribution >= 4 is 18.0 Å². The highest BCUT2D eigenvalue weighted by Crippen LogP contribution is 2.41. The SMILES string of the molecule is CCN(CC)CCCn1c(-c2cnn3c2N[C@@H](c2ccccc2)C[C@H]3C(F)F)n[nH]c1=S. The van der Waals surface area contributed by atoms with Gasteiger partial charge in [0.15, 0.2) is 10.6 Å². The number of rotatable bonds is 9. The second-order valence-electron chi connectivity index (χ2n) is 7.98. The van der Waals surface area contributed by atoms with Crippen LogP contribution in [0.4, 0.5) is 14.6 Å². The number of H-pyrrole nitrogens is 1.